The fourth-order valence-electron chi connectivity index (χ4n) is 2.01. The number of hydrogen-bond acceptors (Lipinski definition) is 2. The number of halogens is 1. The maximum Gasteiger partial charge on any atom is 0.0453 e. The Morgan fingerprint density at radius 3 is 2.53 bits per heavy atom. The number of benzene rings is 1. The molecule has 1 aromatic heterocycles. The van der Waals surface area contributed by atoms with Gasteiger partial charge in [0, 0.05) is 29.9 Å². The van der Waals surface area contributed by atoms with Crippen LogP contribution >= 0.6 is 11.6 Å². The fourth-order valence-corrected chi connectivity index (χ4v) is 2.28. The van der Waals surface area contributed by atoms with Crippen LogP contribution in [-0.4, -0.2) is 12.0 Å². The average molecular weight is 275 g/mol. The molecule has 0 unspecified atom stereocenters. The van der Waals surface area contributed by atoms with Crippen molar-refractivity contribution in [2.24, 2.45) is 0 Å². The second-order valence-electron chi connectivity index (χ2n) is 4.64. The second-order valence-corrected chi connectivity index (χ2v) is 5.05. The highest BCUT2D eigenvalue weighted by atomic mass is 35.5. The highest BCUT2D eigenvalue weighted by molar-refractivity contribution is 6.31. The molecule has 1 N–H and O–H groups in total. The maximum atomic E-state index is 6.26. The molecule has 2 aromatic rings. The molecule has 0 saturated carbocycles. The minimum atomic E-state index is 0.794. The third-order valence-corrected chi connectivity index (χ3v) is 3.52. The number of rotatable bonds is 5. The van der Waals surface area contributed by atoms with Crippen molar-refractivity contribution in [3.05, 3.63) is 63.9 Å². The molecule has 2 rings (SSSR count). The van der Waals surface area contributed by atoms with Gasteiger partial charge < -0.3 is 5.32 Å². The fraction of sp³-hybridized carbons (Fsp3) is 0.312. The lowest BCUT2D eigenvalue weighted by Gasteiger charge is -2.07. The molecule has 0 spiro atoms. The Morgan fingerprint density at radius 2 is 1.95 bits per heavy atom. The molecule has 1 aromatic carbocycles. The summed E-state index contributed by atoms with van der Waals surface area (Å²) >= 11 is 6.26. The van der Waals surface area contributed by atoms with E-state index in [1.54, 1.807) is 0 Å². The van der Waals surface area contributed by atoms with Crippen molar-refractivity contribution in [1.29, 1.82) is 0 Å². The van der Waals surface area contributed by atoms with Crippen LogP contribution in [-0.2, 0) is 19.4 Å². The van der Waals surface area contributed by atoms with E-state index in [1.807, 2.05) is 19.3 Å². The van der Waals surface area contributed by atoms with Gasteiger partial charge in [0.25, 0.3) is 0 Å². The molecular weight excluding hydrogens is 256 g/mol. The highest BCUT2D eigenvalue weighted by Gasteiger charge is 2.03. The Balaban J connectivity index is 2.11. The van der Waals surface area contributed by atoms with Gasteiger partial charge in [-0.15, -0.1) is 0 Å². The Hall–Kier alpha value is -1.38. The summed E-state index contributed by atoms with van der Waals surface area (Å²) in [5, 5.41) is 3.93. The number of hydrogen-bond donors (Lipinski definition) is 1. The van der Waals surface area contributed by atoms with E-state index in [-0.39, 0.29) is 0 Å². The van der Waals surface area contributed by atoms with Crippen molar-refractivity contribution in [2.75, 3.05) is 7.05 Å². The first-order valence-electron chi connectivity index (χ1n) is 6.58. The van der Waals surface area contributed by atoms with Gasteiger partial charge in [-0.25, -0.2) is 0 Å². The van der Waals surface area contributed by atoms with Crippen LogP contribution in [0.25, 0.3) is 0 Å². The van der Waals surface area contributed by atoms with Crippen molar-refractivity contribution in [3.8, 4) is 0 Å². The zero-order valence-corrected chi connectivity index (χ0v) is 12.2. The van der Waals surface area contributed by atoms with E-state index < -0.39 is 0 Å². The molecule has 0 aliphatic carbocycles. The molecule has 19 heavy (non-hydrogen) atoms. The van der Waals surface area contributed by atoms with E-state index >= 15 is 0 Å². The Morgan fingerprint density at radius 1 is 1.16 bits per heavy atom. The molecule has 2 nitrogen and oxygen atoms in total. The summed E-state index contributed by atoms with van der Waals surface area (Å²) in [6.07, 6.45) is 3.80. The number of pyridine rings is 1. The van der Waals surface area contributed by atoms with E-state index in [9.17, 15) is 0 Å². The molecule has 100 valence electrons. The smallest absolute Gasteiger partial charge is 0.0453 e. The van der Waals surface area contributed by atoms with Gasteiger partial charge in [-0.2, -0.15) is 0 Å². The third-order valence-electron chi connectivity index (χ3n) is 3.16. The topological polar surface area (TPSA) is 24.9 Å². The van der Waals surface area contributed by atoms with Gasteiger partial charge in [0.2, 0.25) is 0 Å². The van der Waals surface area contributed by atoms with Gasteiger partial charge in [0.1, 0.15) is 0 Å². The number of aryl methyl sites for hydroxylation is 1. The SMILES string of the molecule is CCc1ccc(Cc2ccc(CNC)c(Cl)c2)nc1. The predicted octanol–water partition coefficient (Wildman–Crippen LogP) is 3.61. The van der Waals surface area contributed by atoms with Crippen molar-refractivity contribution >= 4 is 11.6 Å². The summed E-state index contributed by atoms with van der Waals surface area (Å²) in [5.74, 6) is 0. The molecule has 0 saturated heterocycles. The Bertz CT molecular complexity index is 535. The van der Waals surface area contributed by atoms with Crippen LogP contribution in [0.4, 0.5) is 0 Å². The van der Waals surface area contributed by atoms with Gasteiger partial charge in [-0.05, 0) is 42.3 Å². The summed E-state index contributed by atoms with van der Waals surface area (Å²) in [4.78, 5) is 4.48. The Labute approximate surface area is 119 Å². The first-order chi connectivity index (χ1) is 9.22. The van der Waals surface area contributed by atoms with Crippen LogP contribution in [0.3, 0.4) is 0 Å². The van der Waals surface area contributed by atoms with Crippen LogP contribution in [0.5, 0.6) is 0 Å². The summed E-state index contributed by atoms with van der Waals surface area (Å²) in [7, 11) is 1.92. The van der Waals surface area contributed by atoms with Crippen molar-refractivity contribution in [1.82, 2.24) is 10.3 Å². The zero-order chi connectivity index (χ0) is 13.7. The van der Waals surface area contributed by atoms with Gasteiger partial charge in [-0.3, -0.25) is 4.98 Å². The van der Waals surface area contributed by atoms with Crippen LogP contribution < -0.4 is 5.32 Å². The standard InChI is InChI=1S/C16H19ClN2/c1-3-12-5-7-15(19-10-12)8-13-4-6-14(11-18-2)16(17)9-13/h4-7,9-10,18H,3,8,11H2,1-2H3. The molecule has 3 heteroatoms. The minimum Gasteiger partial charge on any atom is -0.316 e. The lowest BCUT2D eigenvalue weighted by atomic mass is 10.1. The van der Waals surface area contributed by atoms with Crippen molar-refractivity contribution in [2.45, 2.75) is 26.3 Å². The molecule has 0 aliphatic heterocycles. The van der Waals surface area contributed by atoms with Crippen LogP contribution in [0.1, 0.15) is 29.3 Å². The molecule has 0 amide bonds. The first kappa shape index (κ1) is 14.0. The molecular formula is C16H19ClN2. The highest BCUT2D eigenvalue weighted by Crippen LogP contribution is 2.19. The van der Waals surface area contributed by atoms with Crippen LogP contribution in [0.2, 0.25) is 5.02 Å². The van der Waals surface area contributed by atoms with Gasteiger partial charge in [0.05, 0.1) is 0 Å². The van der Waals surface area contributed by atoms with E-state index in [1.165, 1.54) is 11.1 Å². The first-order valence-corrected chi connectivity index (χ1v) is 6.96. The number of aromatic nitrogens is 1. The summed E-state index contributed by atoms with van der Waals surface area (Å²) in [6, 6.07) is 10.5. The van der Waals surface area contributed by atoms with Crippen molar-refractivity contribution < 1.29 is 0 Å². The normalized spacial score (nSPS) is 10.7. The molecule has 0 bridgehead atoms. The van der Waals surface area contributed by atoms with E-state index in [0.717, 1.165) is 35.7 Å². The van der Waals surface area contributed by atoms with E-state index in [0.29, 0.717) is 0 Å². The van der Waals surface area contributed by atoms with Crippen molar-refractivity contribution in [3.63, 3.8) is 0 Å². The van der Waals surface area contributed by atoms with Crippen LogP contribution in [0.15, 0.2) is 36.5 Å². The molecule has 0 fully saturated rings. The largest absolute Gasteiger partial charge is 0.316 e. The zero-order valence-electron chi connectivity index (χ0n) is 11.4. The third kappa shape index (κ3) is 3.79. The Kier molecular flexibility index (Phi) is 4.94. The van der Waals surface area contributed by atoms with Gasteiger partial charge in [-0.1, -0.05) is 36.7 Å². The maximum absolute atomic E-state index is 6.26. The molecule has 0 radical (unpaired) electrons. The minimum absolute atomic E-state index is 0.794. The van der Waals surface area contributed by atoms with E-state index in [4.69, 9.17) is 11.6 Å². The number of nitrogens with one attached hydrogen (secondary N) is 1. The second kappa shape index (κ2) is 6.69. The predicted molar refractivity (Wildman–Crippen MR) is 80.6 cm³/mol. The molecule has 0 aliphatic rings. The summed E-state index contributed by atoms with van der Waals surface area (Å²) in [6.45, 7) is 2.93. The monoisotopic (exact) mass is 274 g/mol. The molecule has 0 atom stereocenters. The van der Waals surface area contributed by atoms with Gasteiger partial charge >= 0.3 is 0 Å². The molecule has 1 heterocycles. The van der Waals surface area contributed by atoms with Crippen LogP contribution in [0, 0.1) is 0 Å². The summed E-state index contributed by atoms with van der Waals surface area (Å²) < 4.78 is 0. The quantitative estimate of drug-likeness (QED) is 0.901. The van der Waals surface area contributed by atoms with Gasteiger partial charge in [0.15, 0.2) is 0 Å². The number of nitrogens with zero attached hydrogens (tertiary/aromatic N) is 1. The summed E-state index contributed by atoms with van der Waals surface area (Å²) in [5.41, 5.74) is 4.67. The average Bonchev–Trinajstić information content (AvgIpc) is 2.43. The van der Waals surface area contributed by atoms with E-state index in [2.05, 4.69) is 41.5 Å². The lowest BCUT2D eigenvalue weighted by molar-refractivity contribution is 0.817. The lowest BCUT2D eigenvalue weighted by Crippen LogP contribution is -2.05.